The Bertz CT molecular complexity index is 909. The molecule has 1 aromatic carbocycles. The zero-order valence-corrected chi connectivity index (χ0v) is 21.8. The van der Waals surface area contributed by atoms with Gasteiger partial charge in [0.1, 0.15) is 0 Å². The smallest absolute Gasteiger partial charge is 0.248 e. The van der Waals surface area contributed by atoms with Gasteiger partial charge in [-0.15, -0.1) is 12.4 Å². The van der Waals surface area contributed by atoms with Crippen molar-refractivity contribution in [2.45, 2.75) is 63.3 Å². The minimum Gasteiger partial charge on any atom is -0.295 e. The molecule has 3 rings (SSSR count). The lowest BCUT2D eigenvalue weighted by molar-refractivity contribution is -0.0891. The van der Waals surface area contributed by atoms with Crippen molar-refractivity contribution in [3.05, 3.63) is 33.8 Å². The summed E-state index contributed by atoms with van der Waals surface area (Å²) in [5, 5.41) is 0.558. The van der Waals surface area contributed by atoms with Crippen LogP contribution in [-0.2, 0) is 10.0 Å². The monoisotopic (exact) mass is 546 g/mol. The van der Waals surface area contributed by atoms with Gasteiger partial charge in [0.2, 0.25) is 15.9 Å². The van der Waals surface area contributed by atoms with Crippen LogP contribution in [0.4, 0.5) is 8.78 Å². The molecule has 11 heteroatoms. The summed E-state index contributed by atoms with van der Waals surface area (Å²) in [4.78, 5) is 15.0. The summed E-state index contributed by atoms with van der Waals surface area (Å²) in [6.45, 7) is 3.44. The first-order chi connectivity index (χ1) is 15.0. The molecule has 33 heavy (non-hydrogen) atoms. The maximum Gasteiger partial charge on any atom is 0.248 e. The van der Waals surface area contributed by atoms with Gasteiger partial charge < -0.3 is 0 Å². The lowest BCUT2D eigenvalue weighted by Gasteiger charge is -2.51. The third-order valence-corrected chi connectivity index (χ3v) is 9.44. The number of halogens is 5. The third-order valence-electron chi connectivity index (χ3n) is 6.74. The fraction of sp³-hybridized carbons (Fsp3) is 0.682. The van der Waals surface area contributed by atoms with Gasteiger partial charge in [-0.2, -0.15) is 4.31 Å². The van der Waals surface area contributed by atoms with Gasteiger partial charge in [0.15, 0.2) is 5.78 Å². The molecule has 1 saturated carbocycles. The SMILES string of the molecule is CCCS(=O)(=O)N1CCN(C2(CCC(=O)c3c(Cl)cccc3Cl)CCC(F)(F)CC2)CC1.Cl. The lowest BCUT2D eigenvalue weighted by atomic mass is 9.74. The maximum atomic E-state index is 14.0. The van der Waals surface area contributed by atoms with Crippen LogP contribution in [0.25, 0.3) is 0 Å². The fourth-order valence-electron chi connectivity index (χ4n) is 4.87. The second-order valence-electron chi connectivity index (χ2n) is 8.80. The number of sulfonamides is 1. The van der Waals surface area contributed by atoms with E-state index in [1.165, 1.54) is 4.31 Å². The van der Waals surface area contributed by atoms with E-state index in [2.05, 4.69) is 4.90 Å². The highest BCUT2D eigenvalue weighted by Crippen LogP contribution is 2.44. The highest BCUT2D eigenvalue weighted by atomic mass is 35.5. The Hall–Kier alpha value is -0.510. The van der Waals surface area contributed by atoms with Crippen LogP contribution < -0.4 is 0 Å². The van der Waals surface area contributed by atoms with Crippen LogP contribution in [0.15, 0.2) is 18.2 Å². The summed E-state index contributed by atoms with van der Waals surface area (Å²) in [7, 11) is -3.29. The van der Waals surface area contributed by atoms with Gasteiger partial charge in [0, 0.05) is 51.0 Å². The van der Waals surface area contributed by atoms with Gasteiger partial charge in [-0.05, 0) is 37.8 Å². The molecule has 0 aromatic heterocycles. The van der Waals surface area contributed by atoms with E-state index in [1.54, 1.807) is 18.2 Å². The molecule has 1 saturated heterocycles. The first kappa shape index (κ1) is 28.7. The number of hydrogen-bond donors (Lipinski definition) is 0. The number of carbonyl (C=O) groups is 1. The van der Waals surface area contributed by atoms with E-state index in [0.29, 0.717) is 39.0 Å². The summed E-state index contributed by atoms with van der Waals surface area (Å²) in [6, 6.07) is 4.87. The minimum atomic E-state index is -3.29. The number of alkyl halides is 2. The van der Waals surface area contributed by atoms with Crippen molar-refractivity contribution < 1.29 is 22.0 Å². The average molecular weight is 548 g/mol. The molecule has 0 amide bonds. The molecule has 5 nitrogen and oxygen atoms in total. The van der Waals surface area contributed by atoms with Crippen LogP contribution in [0.1, 0.15) is 62.2 Å². The van der Waals surface area contributed by atoms with Crippen molar-refractivity contribution in [3.8, 4) is 0 Å². The molecule has 0 unspecified atom stereocenters. The zero-order valence-electron chi connectivity index (χ0n) is 18.7. The molecule has 0 radical (unpaired) electrons. The predicted octanol–water partition coefficient (Wildman–Crippen LogP) is 5.68. The van der Waals surface area contributed by atoms with Crippen LogP contribution in [0, 0.1) is 0 Å². The zero-order chi connectivity index (χ0) is 23.6. The van der Waals surface area contributed by atoms with Crippen LogP contribution in [-0.4, -0.2) is 66.8 Å². The van der Waals surface area contributed by atoms with Crippen LogP contribution in [0.5, 0.6) is 0 Å². The highest BCUT2D eigenvalue weighted by Gasteiger charge is 2.47. The number of hydrogen-bond acceptors (Lipinski definition) is 4. The predicted molar refractivity (Wildman–Crippen MR) is 131 cm³/mol. The molecule has 0 spiro atoms. The van der Waals surface area contributed by atoms with Gasteiger partial charge in [0.25, 0.3) is 0 Å². The van der Waals surface area contributed by atoms with Crippen molar-refractivity contribution in [1.82, 2.24) is 9.21 Å². The Kier molecular flexibility index (Phi) is 10.00. The summed E-state index contributed by atoms with van der Waals surface area (Å²) < 4.78 is 54.3. The van der Waals surface area contributed by atoms with E-state index in [-0.39, 0.29) is 71.7 Å². The van der Waals surface area contributed by atoms with Crippen molar-refractivity contribution >= 4 is 51.4 Å². The van der Waals surface area contributed by atoms with Gasteiger partial charge in [-0.25, -0.2) is 17.2 Å². The van der Waals surface area contributed by atoms with E-state index in [0.717, 1.165) is 0 Å². The van der Waals surface area contributed by atoms with Crippen LogP contribution >= 0.6 is 35.6 Å². The first-order valence-corrected chi connectivity index (χ1v) is 13.4. The lowest BCUT2D eigenvalue weighted by Crippen LogP contribution is -2.60. The van der Waals surface area contributed by atoms with Crippen LogP contribution in [0.3, 0.4) is 0 Å². The van der Waals surface area contributed by atoms with Gasteiger partial charge in [-0.1, -0.05) is 36.2 Å². The fourth-order valence-corrected chi connectivity index (χ4v) is 6.97. The second kappa shape index (κ2) is 11.5. The Labute approximate surface area is 211 Å². The highest BCUT2D eigenvalue weighted by molar-refractivity contribution is 7.89. The summed E-state index contributed by atoms with van der Waals surface area (Å²) >= 11 is 12.3. The standard InChI is InChI=1S/C22H30Cl2F2N2O3S.ClH/c1-2-16-32(30,31)28-14-12-27(13-15-28)21(8-10-22(25,26)11-9-21)7-6-19(29)20-17(23)4-3-5-18(20)24;/h3-5H,2,6-16H2,1H3;1H. The number of benzene rings is 1. The van der Waals surface area contributed by atoms with E-state index in [9.17, 15) is 22.0 Å². The van der Waals surface area contributed by atoms with E-state index in [1.807, 2.05) is 6.92 Å². The molecule has 1 aromatic rings. The molecule has 0 atom stereocenters. The Morgan fingerprint density at radius 3 is 2.09 bits per heavy atom. The quantitative estimate of drug-likeness (QED) is 0.393. The normalized spacial score (nSPS) is 21.4. The van der Waals surface area contributed by atoms with Crippen molar-refractivity contribution in [2.75, 3.05) is 31.9 Å². The molecule has 1 aliphatic carbocycles. The van der Waals surface area contributed by atoms with E-state index < -0.39 is 21.5 Å². The van der Waals surface area contributed by atoms with Gasteiger partial charge in [0.05, 0.1) is 21.4 Å². The number of nitrogens with zero attached hydrogens (tertiary/aromatic N) is 2. The minimum absolute atomic E-state index is 0. The van der Waals surface area contributed by atoms with Gasteiger partial charge in [-0.3, -0.25) is 9.69 Å². The third kappa shape index (κ3) is 6.79. The molecule has 1 heterocycles. The molecule has 0 bridgehead atoms. The molecule has 0 N–H and O–H groups in total. The Balaban J connectivity index is 0.00000385. The topological polar surface area (TPSA) is 57.7 Å². The summed E-state index contributed by atoms with van der Waals surface area (Å²) in [5.41, 5.74) is -0.298. The molecular formula is C22H31Cl3F2N2O3S. The molecule has 2 aliphatic rings. The van der Waals surface area contributed by atoms with E-state index in [4.69, 9.17) is 23.2 Å². The van der Waals surface area contributed by atoms with Crippen molar-refractivity contribution in [3.63, 3.8) is 0 Å². The number of Topliss-reactive ketones (excluding diaryl/α,β-unsaturated/α-hetero) is 1. The van der Waals surface area contributed by atoms with Crippen molar-refractivity contribution in [2.24, 2.45) is 0 Å². The largest absolute Gasteiger partial charge is 0.295 e. The average Bonchev–Trinajstić information content (AvgIpc) is 2.73. The summed E-state index contributed by atoms with van der Waals surface area (Å²) in [5.74, 6) is -2.80. The molecule has 1 aliphatic heterocycles. The summed E-state index contributed by atoms with van der Waals surface area (Å²) in [6.07, 6.45) is 1.17. The second-order valence-corrected chi connectivity index (χ2v) is 11.7. The van der Waals surface area contributed by atoms with E-state index >= 15 is 0 Å². The number of ketones is 1. The number of rotatable bonds is 8. The molecular weight excluding hydrogens is 517 g/mol. The van der Waals surface area contributed by atoms with Gasteiger partial charge >= 0.3 is 0 Å². The number of piperazine rings is 1. The Morgan fingerprint density at radius 2 is 1.58 bits per heavy atom. The molecule has 188 valence electrons. The van der Waals surface area contributed by atoms with Crippen LogP contribution in [0.2, 0.25) is 10.0 Å². The maximum absolute atomic E-state index is 14.0. The first-order valence-electron chi connectivity index (χ1n) is 11.1. The number of carbonyl (C=O) groups excluding carboxylic acids is 1. The Morgan fingerprint density at radius 1 is 1.03 bits per heavy atom. The molecule has 2 fully saturated rings. The van der Waals surface area contributed by atoms with Crippen molar-refractivity contribution in [1.29, 1.82) is 0 Å².